The monoisotopic (exact) mass is 449 g/mol. The van der Waals surface area contributed by atoms with Gasteiger partial charge in [-0.3, -0.25) is 4.79 Å². The highest BCUT2D eigenvalue weighted by Gasteiger charge is 2.15. The van der Waals surface area contributed by atoms with E-state index in [1.807, 2.05) is 42.5 Å². The number of aromatic nitrogens is 2. The Balaban J connectivity index is 1.35. The number of sulfone groups is 1. The number of methoxy groups -OCH3 is 1. The van der Waals surface area contributed by atoms with Crippen molar-refractivity contribution in [2.24, 2.45) is 0 Å². The minimum atomic E-state index is -3.46. The van der Waals surface area contributed by atoms with Gasteiger partial charge in [0.2, 0.25) is 5.91 Å². The third kappa shape index (κ3) is 4.97. The summed E-state index contributed by atoms with van der Waals surface area (Å²) in [5.74, 6) is 0.962. The minimum absolute atomic E-state index is 0.101. The van der Waals surface area contributed by atoms with Crippen LogP contribution >= 0.6 is 0 Å². The van der Waals surface area contributed by atoms with Crippen molar-refractivity contribution in [1.29, 1.82) is 0 Å². The number of imidazole rings is 1. The van der Waals surface area contributed by atoms with E-state index in [1.165, 1.54) is 19.2 Å². The van der Waals surface area contributed by atoms with Crippen molar-refractivity contribution < 1.29 is 17.9 Å². The zero-order valence-corrected chi connectivity index (χ0v) is 18.4. The number of benzene rings is 3. The molecule has 0 aliphatic rings. The number of hydrogen-bond acceptors (Lipinski definition) is 5. The molecule has 4 aromatic rings. The van der Waals surface area contributed by atoms with Gasteiger partial charge in [0.05, 0.1) is 28.8 Å². The normalized spacial score (nSPS) is 11.4. The standard InChI is InChI=1S/C24H23N3O4S/c1-31-19-11-13-20(14-12-19)32(29,30)15-5-10-23(28)25-18-7-4-6-17(16-18)24-26-21-8-2-3-9-22(21)27-24/h2-4,6-9,11-14,16H,5,10,15H2,1H3,(H,25,28)(H,26,27). The predicted octanol–water partition coefficient (Wildman–Crippen LogP) is 4.43. The van der Waals surface area contributed by atoms with Crippen molar-refractivity contribution in [2.45, 2.75) is 17.7 Å². The summed E-state index contributed by atoms with van der Waals surface area (Å²) < 4.78 is 30.0. The summed E-state index contributed by atoms with van der Waals surface area (Å²) in [7, 11) is -1.93. The number of amides is 1. The molecule has 3 aromatic carbocycles. The second kappa shape index (κ2) is 9.23. The highest BCUT2D eigenvalue weighted by atomic mass is 32.2. The second-order valence-electron chi connectivity index (χ2n) is 7.33. The van der Waals surface area contributed by atoms with Crippen LogP contribution in [0, 0.1) is 0 Å². The van der Waals surface area contributed by atoms with E-state index in [1.54, 1.807) is 18.2 Å². The van der Waals surface area contributed by atoms with E-state index in [4.69, 9.17) is 4.74 Å². The number of carbonyl (C=O) groups is 1. The van der Waals surface area contributed by atoms with Crippen molar-refractivity contribution in [3.8, 4) is 17.1 Å². The van der Waals surface area contributed by atoms with E-state index in [-0.39, 0.29) is 29.4 Å². The first-order chi connectivity index (χ1) is 15.4. The highest BCUT2D eigenvalue weighted by Crippen LogP contribution is 2.23. The number of H-pyrrole nitrogens is 1. The number of nitrogens with zero attached hydrogens (tertiary/aromatic N) is 1. The number of ether oxygens (including phenoxy) is 1. The minimum Gasteiger partial charge on any atom is -0.497 e. The number of rotatable bonds is 8. The largest absolute Gasteiger partial charge is 0.497 e. The van der Waals surface area contributed by atoms with Gasteiger partial charge < -0.3 is 15.0 Å². The number of nitrogens with one attached hydrogen (secondary N) is 2. The smallest absolute Gasteiger partial charge is 0.224 e. The Bertz CT molecular complexity index is 1310. The molecule has 1 heterocycles. The van der Waals surface area contributed by atoms with Gasteiger partial charge in [0.1, 0.15) is 11.6 Å². The summed E-state index contributed by atoms with van der Waals surface area (Å²) in [5.41, 5.74) is 3.29. The lowest BCUT2D eigenvalue weighted by molar-refractivity contribution is -0.116. The van der Waals surface area contributed by atoms with Gasteiger partial charge in [-0.15, -0.1) is 0 Å². The number of hydrogen-bond donors (Lipinski definition) is 2. The molecule has 0 aliphatic carbocycles. The van der Waals surface area contributed by atoms with Gasteiger partial charge in [-0.2, -0.15) is 0 Å². The molecule has 0 spiro atoms. The van der Waals surface area contributed by atoms with Gasteiger partial charge >= 0.3 is 0 Å². The van der Waals surface area contributed by atoms with Crippen molar-refractivity contribution in [3.63, 3.8) is 0 Å². The van der Waals surface area contributed by atoms with Crippen molar-refractivity contribution >= 4 is 32.5 Å². The molecule has 0 saturated heterocycles. The Morgan fingerprint density at radius 3 is 2.56 bits per heavy atom. The van der Waals surface area contributed by atoms with Gasteiger partial charge in [-0.25, -0.2) is 13.4 Å². The van der Waals surface area contributed by atoms with Crippen LogP contribution in [0.25, 0.3) is 22.4 Å². The van der Waals surface area contributed by atoms with Gasteiger partial charge in [-0.05, 0) is 55.0 Å². The summed E-state index contributed by atoms with van der Waals surface area (Å²) in [6.45, 7) is 0. The molecule has 0 unspecified atom stereocenters. The van der Waals surface area contributed by atoms with E-state index < -0.39 is 9.84 Å². The van der Waals surface area contributed by atoms with Crippen LogP contribution in [0.2, 0.25) is 0 Å². The molecule has 1 aromatic heterocycles. The summed E-state index contributed by atoms with van der Waals surface area (Å²) >= 11 is 0. The Hall–Kier alpha value is -3.65. The molecular formula is C24H23N3O4S. The summed E-state index contributed by atoms with van der Waals surface area (Å²) in [6, 6.07) is 21.4. The molecule has 1 amide bonds. The topological polar surface area (TPSA) is 101 Å². The van der Waals surface area contributed by atoms with Crippen LogP contribution in [-0.2, 0) is 14.6 Å². The third-order valence-electron chi connectivity index (χ3n) is 5.04. The van der Waals surface area contributed by atoms with Gasteiger partial charge in [0.25, 0.3) is 0 Å². The van der Waals surface area contributed by atoms with Crippen molar-refractivity contribution in [1.82, 2.24) is 9.97 Å². The number of para-hydroxylation sites is 2. The number of fused-ring (bicyclic) bond motifs is 1. The number of aromatic amines is 1. The van der Waals surface area contributed by atoms with E-state index in [0.29, 0.717) is 17.3 Å². The molecule has 0 aliphatic heterocycles. The molecule has 0 bridgehead atoms. The highest BCUT2D eigenvalue weighted by molar-refractivity contribution is 7.91. The van der Waals surface area contributed by atoms with Crippen LogP contribution in [0.1, 0.15) is 12.8 Å². The van der Waals surface area contributed by atoms with Crippen LogP contribution in [0.3, 0.4) is 0 Å². The molecule has 0 radical (unpaired) electrons. The van der Waals surface area contributed by atoms with Gasteiger partial charge in [0, 0.05) is 17.7 Å². The average Bonchev–Trinajstić information content (AvgIpc) is 3.24. The zero-order chi connectivity index (χ0) is 22.6. The van der Waals surface area contributed by atoms with Crippen molar-refractivity contribution in [3.05, 3.63) is 72.8 Å². The average molecular weight is 450 g/mol. The molecular weight excluding hydrogens is 426 g/mol. The predicted molar refractivity (Wildman–Crippen MR) is 124 cm³/mol. The fourth-order valence-electron chi connectivity index (χ4n) is 3.38. The first kappa shape index (κ1) is 21.6. The van der Waals surface area contributed by atoms with E-state index in [2.05, 4.69) is 15.3 Å². The quantitative estimate of drug-likeness (QED) is 0.414. The summed E-state index contributed by atoms with van der Waals surface area (Å²) in [6.07, 6.45) is 0.327. The fraction of sp³-hybridized carbons (Fsp3) is 0.167. The van der Waals surface area contributed by atoms with Crippen LogP contribution < -0.4 is 10.1 Å². The molecule has 0 saturated carbocycles. The Kier molecular flexibility index (Phi) is 6.23. The maximum Gasteiger partial charge on any atom is 0.224 e. The second-order valence-corrected chi connectivity index (χ2v) is 9.44. The first-order valence-electron chi connectivity index (χ1n) is 10.2. The Morgan fingerprint density at radius 1 is 1.03 bits per heavy atom. The molecule has 2 N–H and O–H groups in total. The zero-order valence-electron chi connectivity index (χ0n) is 17.5. The SMILES string of the molecule is COc1ccc(S(=O)(=O)CCCC(=O)Nc2cccc(-c3nc4ccccc4[nH]3)c2)cc1. The summed E-state index contributed by atoms with van der Waals surface area (Å²) in [5, 5.41) is 2.83. The van der Waals surface area contributed by atoms with Gasteiger partial charge in [-0.1, -0.05) is 24.3 Å². The molecule has 32 heavy (non-hydrogen) atoms. The lowest BCUT2D eigenvalue weighted by Gasteiger charge is -2.08. The molecule has 164 valence electrons. The van der Waals surface area contributed by atoms with E-state index >= 15 is 0 Å². The van der Waals surface area contributed by atoms with Crippen LogP contribution in [0.4, 0.5) is 5.69 Å². The maximum atomic E-state index is 12.5. The van der Waals surface area contributed by atoms with Crippen LogP contribution in [-0.4, -0.2) is 37.2 Å². The lowest BCUT2D eigenvalue weighted by Crippen LogP contribution is -2.14. The molecule has 4 rings (SSSR count). The Morgan fingerprint density at radius 2 is 1.81 bits per heavy atom. The lowest BCUT2D eigenvalue weighted by atomic mass is 10.2. The molecule has 7 nitrogen and oxygen atoms in total. The van der Waals surface area contributed by atoms with E-state index in [0.717, 1.165) is 16.6 Å². The third-order valence-corrected chi connectivity index (χ3v) is 6.86. The number of anilines is 1. The van der Waals surface area contributed by atoms with E-state index in [9.17, 15) is 13.2 Å². The first-order valence-corrected chi connectivity index (χ1v) is 11.8. The number of carbonyl (C=O) groups excluding carboxylic acids is 1. The van der Waals surface area contributed by atoms with Crippen LogP contribution in [0.15, 0.2) is 77.7 Å². The van der Waals surface area contributed by atoms with Gasteiger partial charge in [0.15, 0.2) is 9.84 Å². The summed E-state index contributed by atoms with van der Waals surface area (Å²) in [4.78, 5) is 20.4. The molecule has 8 heteroatoms. The molecule has 0 atom stereocenters. The molecule has 0 fully saturated rings. The fourth-order valence-corrected chi connectivity index (χ4v) is 4.69. The van der Waals surface area contributed by atoms with Crippen molar-refractivity contribution in [2.75, 3.05) is 18.2 Å². The Labute approximate surface area is 186 Å². The van der Waals surface area contributed by atoms with Crippen LogP contribution in [0.5, 0.6) is 5.75 Å². The maximum absolute atomic E-state index is 12.5.